The van der Waals surface area contributed by atoms with E-state index in [2.05, 4.69) is 6.07 Å². The summed E-state index contributed by atoms with van der Waals surface area (Å²) in [5.74, 6) is -0.330. The molecule has 0 fully saturated rings. The zero-order valence-electron chi connectivity index (χ0n) is 11.1. The Labute approximate surface area is 117 Å². The van der Waals surface area contributed by atoms with Gasteiger partial charge in [-0.1, -0.05) is 36.8 Å². The molecule has 2 N–H and O–H groups in total. The number of hydrogen-bond acceptors (Lipinski definition) is 4. The van der Waals surface area contributed by atoms with Gasteiger partial charge in [-0.3, -0.25) is 0 Å². The number of nitrogen functional groups attached to an aromatic ring is 1. The van der Waals surface area contributed by atoms with Gasteiger partial charge in [0, 0.05) is 4.88 Å². The van der Waals surface area contributed by atoms with Gasteiger partial charge in [0.2, 0.25) is 0 Å². The highest BCUT2D eigenvalue weighted by Gasteiger charge is 2.16. The lowest BCUT2D eigenvalue weighted by Crippen LogP contribution is -2.05. The van der Waals surface area contributed by atoms with Crippen molar-refractivity contribution in [1.82, 2.24) is 0 Å². The summed E-state index contributed by atoms with van der Waals surface area (Å²) >= 11 is 1.38. The predicted octanol–water partition coefficient (Wildman–Crippen LogP) is 3.87. The normalized spacial score (nSPS) is 10.4. The Morgan fingerprint density at radius 3 is 2.84 bits per heavy atom. The van der Waals surface area contributed by atoms with Crippen molar-refractivity contribution in [3.8, 4) is 10.4 Å². The predicted molar refractivity (Wildman–Crippen MR) is 79.5 cm³/mol. The maximum absolute atomic E-state index is 11.8. The smallest absolute Gasteiger partial charge is 0.350 e. The van der Waals surface area contributed by atoms with Crippen molar-refractivity contribution in [3.63, 3.8) is 0 Å². The van der Waals surface area contributed by atoms with Crippen LogP contribution in [0, 0.1) is 6.92 Å². The number of esters is 1. The monoisotopic (exact) mass is 275 g/mol. The standard InChI is InChI=1S/C15H17NO2S/c1-3-7-18-15(17)14-12(16)9-13(19-14)11-6-4-5-10(2)8-11/h4-6,8-9H,3,7,16H2,1-2H3. The van der Waals surface area contributed by atoms with Crippen LogP contribution in [0.3, 0.4) is 0 Å². The van der Waals surface area contributed by atoms with Crippen molar-refractivity contribution in [2.45, 2.75) is 20.3 Å². The van der Waals surface area contributed by atoms with Crippen LogP contribution < -0.4 is 5.73 Å². The number of benzene rings is 1. The van der Waals surface area contributed by atoms with E-state index in [0.717, 1.165) is 16.9 Å². The maximum atomic E-state index is 11.8. The van der Waals surface area contributed by atoms with E-state index in [-0.39, 0.29) is 5.97 Å². The second-order valence-electron chi connectivity index (χ2n) is 4.40. The third kappa shape index (κ3) is 3.15. The average Bonchev–Trinajstić information content (AvgIpc) is 2.78. The van der Waals surface area contributed by atoms with Crippen molar-refractivity contribution in [2.24, 2.45) is 0 Å². The van der Waals surface area contributed by atoms with Crippen LogP contribution in [0.4, 0.5) is 5.69 Å². The molecule has 1 aromatic heterocycles. The van der Waals surface area contributed by atoms with Gasteiger partial charge >= 0.3 is 5.97 Å². The highest BCUT2D eigenvalue weighted by molar-refractivity contribution is 7.18. The first-order valence-corrected chi connectivity index (χ1v) is 7.07. The first-order valence-electron chi connectivity index (χ1n) is 6.25. The largest absolute Gasteiger partial charge is 0.461 e. The second kappa shape index (κ2) is 5.89. The fourth-order valence-electron chi connectivity index (χ4n) is 1.77. The molecule has 0 atom stereocenters. The number of carbonyl (C=O) groups excluding carboxylic acids is 1. The van der Waals surface area contributed by atoms with E-state index < -0.39 is 0 Å². The van der Waals surface area contributed by atoms with Crippen molar-refractivity contribution in [1.29, 1.82) is 0 Å². The minimum atomic E-state index is -0.330. The molecule has 1 aromatic carbocycles. The van der Waals surface area contributed by atoms with Gasteiger partial charge in [0.05, 0.1) is 12.3 Å². The summed E-state index contributed by atoms with van der Waals surface area (Å²) in [7, 11) is 0. The summed E-state index contributed by atoms with van der Waals surface area (Å²) in [4.78, 5) is 13.3. The van der Waals surface area contributed by atoms with Crippen LogP contribution in [0.2, 0.25) is 0 Å². The number of nitrogens with two attached hydrogens (primary N) is 1. The van der Waals surface area contributed by atoms with Gasteiger partial charge in [0.25, 0.3) is 0 Å². The molecular weight excluding hydrogens is 258 g/mol. The number of hydrogen-bond donors (Lipinski definition) is 1. The Morgan fingerprint density at radius 2 is 2.16 bits per heavy atom. The number of ether oxygens (including phenoxy) is 1. The summed E-state index contributed by atoms with van der Waals surface area (Å²) in [6.45, 7) is 4.43. The Morgan fingerprint density at radius 1 is 1.37 bits per heavy atom. The minimum Gasteiger partial charge on any atom is -0.461 e. The molecule has 2 aromatic rings. The summed E-state index contributed by atoms with van der Waals surface area (Å²) in [6, 6.07) is 9.96. The molecule has 0 aliphatic rings. The van der Waals surface area contributed by atoms with E-state index in [1.165, 1.54) is 16.9 Å². The van der Waals surface area contributed by atoms with E-state index in [4.69, 9.17) is 10.5 Å². The summed E-state index contributed by atoms with van der Waals surface area (Å²) in [5, 5.41) is 0. The van der Waals surface area contributed by atoms with Crippen LogP contribution in [0.15, 0.2) is 30.3 Å². The highest BCUT2D eigenvalue weighted by Crippen LogP contribution is 2.33. The molecule has 1 heterocycles. The van der Waals surface area contributed by atoms with E-state index in [1.807, 2.05) is 38.1 Å². The van der Waals surface area contributed by atoms with Crippen LogP contribution in [-0.4, -0.2) is 12.6 Å². The van der Waals surface area contributed by atoms with E-state index in [0.29, 0.717) is 17.2 Å². The van der Waals surface area contributed by atoms with E-state index in [9.17, 15) is 4.79 Å². The van der Waals surface area contributed by atoms with Crippen LogP contribution in [0.25, 0.3) is 10.4 Å². The van der Waals surface area contributed by atoms with Crippen LogP contribution in [-0.2, 0) is 4.74 Å². The molecule has 0 saturated carbocycles. The zero-order valence-corrected chi connectivity index (χ0v) is 11.9. The minimum absolute atomic E-state index is 0.330. The van der Waals surface area contributed by atoms with Gasteiger partial charge in [-0.05, 0) is 25.0 Å². The third-order valence-corrected chi connectivity index (χ3v) is 3.87. The fourth-order valence-corrected chi connectivity index (χ4v) is 2.74. The molecule has 0 spiro atoms. The van der Waals surface area contributed by atoms with Crippen LogP contribution >= 0.6 is 11.3 Å². The van der Waals surface area contributed by atoms with Gasteiger partial charge in [-0.15, -0.1) is 11.3 Å². The second-order valence-corrected chi connectivity index (χ2v) is 5.45. The molecule has 0 radical (unpaired) electrons. The summed E-state index contributed by atoms with van der Waals surface area (Å²) in [5.41, 5.74) is 8.64. The fraction of sp³-hybridized carbons (Fsp3) is 0.267. The zero-order chi connectivity index (χ0) is 13.8. The summed E-state index contributed by atoms with van der Waals surface area (Å²) in [6.07, 6.45) is 0.807. The van der Waals surface area contributed by atoms with Gasteiger partial charge in [0.15, 0.2) is 0 Å². The van der Waals surface area contributed by atoms with Crippen molar-refractivity contribution in [2.75, 3.05) is 12.3 Å². The molecule has 3 nitrogen and oxygen atoms in total. The highest BCUT2D eigenvalue weighted by atomic mass is 32.1. The first-order chi connectivity index (χ1) is 9.11. The summed E-state index contributed by atoms with van der Waals surface area (Å²) < 4.78 is 5.12. The molecule has 0 aliphatic heterocycles. The number of thiophene rings is 1. The Hall–Kier alpha value is -1.81. The molecular formula is C15H17NO2S. The molecule has 0 bridgehead atoms. The van der Waals surface area contributed by atoms with Crippen molar-refractivity contribution < 1.29 is 9.53 Å². The number of rotatable bonds is 4. The quantitative estimate of drug-likeness (QED) is 0.862. The Balaban J connectivity index is 2.28. The molecule has 0 aliphatic carbocycles. The first kappa shape index (κ1) is 13.6. The molecule has 0 saturated heterocycles. The van der Waals surface area contributed by atoms with Gasteiger partial charge in [-0.2, -0.15) is 0 Å². The van der Waals surface area contributed by atoms with E-state index in [1.54, 1.807) is 0 Å². The number of carbonyl (C=O) groups is 1. The average molecular weight is 275 g/mol. The van der Waals surface area contributed by atoms with Crippen LogP contribution in [0.5, 0.6) is 0 Å². The lowest BCUT2D eigenvalue weighted by molar-refractivity contribution is 0.0512. The van der Waals surface area contributed by atoms with E-state index >= 15 is 0 Å². The molecule has 4 heteroatoms. The van der Waals surface area contributed by atoms with Gasteiger partial charge in [0.1, 0.15) is 4.88 Å². The Bertz CT molecular complexity index is 590. The molecule has 100 valence electrons. The SMILES string of the molecule is CCCOC(=O)c1sc(-c2cccc(C)c2)cc1N. The van der Waals surface area contributed by atoms with Gasteiger partial charge in [-0.25, -0.2) is 4.79 Å². The van der Waals surface area contributed by atoms with Crippen LogP contribution in [0.1, 0.15) is 28.6 Å². The third-order valence-electron chi connectivity index (χ3n) is 2.69. The number of anilines is 1. The lowest BCUT2D eigenvalue weighted by atomic mass is 10.1. The molecule has 2 rings (SSSR count). The number of aryl methyl sites for hydroxylation is 1. The molecule has 0 unspecified atom stereocenters. The van der Waals surface area contributed by atoms with Crippen molar-refractivity contribution in [3.05, 3.63) is 40.8 Å². The lowest BCUT2D eigenvalue weighted by Gasteiger charge is -2.01. The molecule has 19 heavy (non-hydrogen) atoms. The molecule has 0 amide bonds. The van der Waals surface area contributed by atoms with Crippen molar-refractivity contribution >= 4 is 23.0 Å². The maximum Gasteiger partial charge on any atom is 0.350 e. The topological polar surface area (TPSA) is 52.3 Å². The van der Waals surface area contributed by atoms with Gasteiger partial charge < -0.3 is 10.5 Å². The Kier molecular flexibility index (Phi) is 4.22.